The van der Waals surface area contributed by atoms with Gasteiger partial charge in [0.2, 0.25) is 5.91 Å². The van der Waals surface area contributed by atoms with Crippen LogP contribution in [0.5, 0.6) is 0 Å². The van der Waals surface area contributed by atoms with Gasteiger partial charge in [-0.2, -0.15) is 5.10 Å². The summed E-state index contributed by atoms with van der Waals surface area (Å²) in [5, 5.41) is 7.50. The van der Waals surface area contributed by atoms with Crippen molar-refractivity contribution in [3.05, 3.63) is 60.6 Å². The van der Waals surface area contributed by atoms with E-state index in [2.05, 4.69) is 21.5 Å². The molecule has 0 atom stereocenters. The molecule has 0 radical (unpaired) electrons. The van der Waals surface area contributed by atoms with E-state index in [9.17, 15) is 4.79 Å². The zero-order chi connectivity index (χ0) is 16.9. The third kappa shape index (κ3) is 2.12. The SMILES string of the molecule is O=C1Nc2ccc(-c3cnn(-c4ccccn4)c3)cc2C12CCCC2. The predicted molar refractivity (Wildman–Crippen MR) is 95.6 cm³/mol. The molecule has 0 saturated heterocycles. The van der Waals surface area contributed by atoms with Crippen LogP contribution >= 0.6 is 0 Å². The lowest BCUT2D eigenvalue weighted by molar-refractivity contribution is -0.120. The highest BCUT2D eigenvalue weighted by Crippen LogP contribution is 2.49. The molecule has 1 aliphatic heterocycles. The minimum absolute atomic E-state index is 0.168. The Morgan fingerprint density at radius 2 is 1.96 bits per heavy atom. The molecule has 1 spiro atoms. The first-order valence-corrected chi connectivity index (χ1v) is 8.69. The number of amides is 1. The minimum Gasteiger partial charge on any atom is -0.325 e. The van der Waals surface area contributed by atoms with Crippen molar-refractivity contribution < 1.29 is 4.79 Å². The predicted octanol–water partition coefficient (Wildman–Crippen LogP) is 3.70. The third-order valence-corrected chi connectivity index (χ3v) is 5.48. The first kappa shape index (κ1) is 14.4. The Balaban J connectivity index is 1.56. The topological polar surface area (TPSA) is 59.8 Å². The fourth-order valence-corrected chi connectivity index (χ4v) is 4.15. The molecule has 25 heavy (non-hydrogen) atoms. The number of fused-ring (bicyclic) bond motifs is 2. The molecule has 124 valence electrons. The number of hydrogen-bond donors (Lipinski definition) is 1. The van der Waals surface area contributed by atoms with E-state index in [0.29, 0.717) is 0 Å². The van der Waals surface area contributed by atoms with Crippen LogP contribution in [0.3, 0.4) is 0 Å². The van der Waals surface area contributed by atoms with Crippen LogP contribution in [-0.2, 0) is 10.2 Å². The molecule has 1 amide bonds. The van der Waals surface area contributed by atoms with Gasteiger partial charge in [-0.3, -0.25) is 4.79 Å². The lowest BCUT2D eigenvalue weighted by atomic mass is 9.79. The maximum Gasteiger partial charge on any atom is 0.235 e. The molecule has 2 aliphatic rings. The number of benzene rings is 1. The molecule has 1 aromatic carbocycles. The molecule has 3 aromatic rings. The lowest BCUT2D eigenvalue weighted by Crippen LogP contribution is -2.30. The van der Waals surface area contributed by atoms with Crippen molar-refractivity contribution in [3.63, 3.8) is 0 Å². The fourth-order valence-electron chi connectivity index (χ4n) is 4.15. The summed E-state index contributed by atoms with van der Waals surface area (Å²) in [5.74, 6) is 0.959. The number of carbonyl (C=O) groups is 1. The molecule has 5 rings (SSSR count). The Bertz CT molecular complexity index is 955. The first-order valence-electron chi connectivity index (χ1n) is 8.69. The standard InChI is InChI=1S/C20H18N4O/c25-19-20(8-2-3-9-20)16-11-14(6-7-17(16)23-19)15-12-22-24(13-15)18-5-1-4-10-21-18/h1,4-7,10-13H,2-3,8-9H2,(H,23,25). The molecule has 0 bridgehead atoms. The number of pyridine rings is 1. The van der Waals surface area contributed by atoms with Gasteiger partial charge in [0.25, 0.3) is 0 Å². The van der Waals surface area contributed by atoms with Crippen molar-refractivity contribution in [1.82, 2.24) is 14.8 Å². The summed E-state index contributed by atoms with van der Waals surface area (Å²) in [6.45, 7) is 0. The van der Waals surface area contributed by atoms with Crippen molar-refractivity contribution >= 4 is 11.6 Å². The number of aromatic nitrogens is 3. The molecule has 1 saturated carbocycles. The van der Waals surface area contributed by atoms with E-state index in [0.717, 1.165) is 53.9 Å². The van der Waals surface area contributed by atoms with Crippen LogP contribution in [0.25, 0.3) is 16.9 Å². The normalized spacial score (nSPS) is 17.7. The van der Waals surface area contributed by atoms with Crippen molar-refractivity contribution in [3.8, 4) is 16.9 Å². The average Bonchev–Trinajstić information content (AvgIpc) is 3.38. The Hall–Kier alpha value is -2.95. The van der Waals surface area contributed by atoms with Gasteiger partial charge in [0.1, 0.15) is 0 Å². The van der Waals surface area contributed by atoms with E-state index in [-0.39, 0.29) is 11.3 Å². The van der Waals surface area contributed by atoms with Gasteiger partial charge in [0.15, 0.2) is 5.82 Å². The second kappa shape index (κ2) is 5.28. The summed E-state index contributed by atoms with van der Waals surface area (Å²) >= 11 is 0. The second-order valence-corrected chi connectivity index (χ2v) is 6.87. The summed E-state index contributed by atoms with van der Waals surface area (Å²) < 4.78 is 1.78. The van der Waals surface area contributed by atoms with Crippen LogP contribution in [0.15, 0.2) is 55.0 Å². The van der Waals surface area contributed by atoms with Crippen molar-refractivity contribution in [2.45, 2.75) is 31.1 Å². The van der Waals surface area contributed by atoms with Crippen LogP contribution in [0, 0.1) is 0 Å². The number of anilines is 1. The van der Waals surface area contributed by atoms with E-state index in [4.69, 9.17) is 0 Å². The number of carbonyl (C=O) groups excluding carboxylic acids is 1. The van der Waals surface area contributed by atoms with Crippen molar-refractivity contribution in [1.29, 1.82) is 0 Å². The maximum absolute atomic E-state index is 12.6. The Morgan fingerprint density at radius 3 is 2.76 bits per heavy atom. The summed E-state index contributed by atoms with van der Waals surface area (Å²) in [4.78, 5) is 16.9. The zero-order valence-electron chi connectivity index (χ0n) is 13.8. The van der Waals surface area contributed by atoms with E-state index in [1.807, 2.05) is 42.7 Å². The number of nitrogens with one attached hydrogen (secondary N) is 1. The zero-order valence-corrected chi connectivity index (χ0v) is 13.8. The molecular weight excluding hydrogens is 312 g/mol. The molecule has 1 fully saturated rings. The number of rotatable bonds is 2. The molecule has 5 nitrogen and oxygen atoms in total. The van der Waals surface area contributed by atoms with Gasteiger partial charge in [0.05, 0.1) is 11.6 Å². The Labute approximate surface area is 145 Å². The van der Waals surface area contributed by atoms with Gasteiger partial charge in [-0.15, -0.1) is 0 Å². The number of hydrogen-bond acceptors (Lipinski definition) is 3. The average molecular weight is 330 g/mol. The van der Waals surface area contributed by atoms with Gasteiger partial charge in [-0.05, 0) is 48.2 Å². The van der Waals surface area contributed by atoms with Crippen LogP contribution in [0.1, 0.15) is 31.2 Å². The molecule has 5 heteroatoms. The van der Waals surface area contributed by atoms with E-state index >= 15 is 0 Å². The first-order chi connectivity index (χ1) is 12.3. The Morgan fingerprint density at radius 1 is 1.08 bits per heavy atom. The fraction of sp³-hybridized carbons (Fsp3) is 0.250. The Kier molecular flexibility index (Phi) is 3.04. The van der Waals surface area contributed by atoms with Gasteiger partial charge in [-0.1, -0.05) is 25.0 Å². The number of nitrogens with zero attached hydrogens (tertiary/aromatic N) is 3. The van der Waals surface area contributed by atoms with Crippen LogP contribution in [-0.4, -0.2) is 20.7 Å². The smallest absolute Gasteiger partial charge is 0.235 e. The van der Waals surface area contributed by atoms with Crippen molar-refractivity contribution in [2.75, 3.05) is 5.32 Å². The molecular formula is C20H18N4O. The summed E-state index contributed by atoms with van der Waals surface area (Å²) in [6.07, 6.45) is 9.72. The van der Waals surface area contributed by atoms with E-state index in [1.54, 1.807) is 10.9 Å². The van der Waals surface area contributed by atoms with Gasteiger partial charge in [0, 0.05) is 23.6 Å². The molecule has 2 aromatic heterocycles. The summed E-state index contributed by atoms with van der Waals surface area (Å²) in [7, 11) is 0. The third-order valence-electron chi connectivity index (χ3n) is 5.48. The van der Waals surface area contributed by atoms with Crippen molar-refractivity contribution in [2.24, 2.45) is 0 Å². The maximum atomic E-state index is 12.6. The minimum atomic E-state index is -0.317. The van der Waals surface area contributed by atoms with Crippen LogP contribution < -0.4 is 5.32 Å². The lowest BCUT2D eigenvalue weighted by Gasteiger charge is -2.20. The highest BCUT2D eigenvalue weighted by Gasteiger charge is 2.48. The highest BCUT2D eigenvalue weighted by atomic mass is 16.2. The summed E-state index contributed by atoms with van der Waals surface area (Å²) in [6, 6.07) is 12.0. The van der Waals surface area contributed by atoms with E-state index in [1.165, 1.54) is 0 Å². The summed E-state index contributed by atoms with van der Waals surface area (Å²) in [5.41, 5.74) is 3.91. The molecule has 1 N–H and O–H groups in total. The van der Waals surface area contributed by atoms with Gasteiger partial charge >= 0.3 is 0 Å². The molecule has 1 aliphatic carbocycles. The van der Waals surface area contributed by atoms with Gasteiger partial charge < -0.3 is 5.32 Å². The van der Waals surface area contributed by atoms with Crippen LogP contribution in [0.4, 0.5) is 5.69 Å². The molecule has 3 heterocycles. The van der Waals surface area contributed by atoms with Crippen LogP contribution in [0.2, 0.25) is 0 Å². The second-order valence-electron chi connectivity index (χ2n) is 6.87. The largest absolute Gasteiger partial charge is 0.325 e. The van der Waals surface area contributed by atoms with E-state index < -0.39 is 0 Å². The van der Waals surface area contributed by atoms with Gasteiger partial charge in [-0.25, -0.2) is 9.67 Å². The quantitative estimate of drug-likeness (QED) is 0.779. The monoisotopic (exact) mass is 330 g/mol. The highest BCUT2D eigenvalue weighted by molar-refractivity contribution is 6.06. The molecule has 0 unspecified atom stereocenters.